The highest BCUT2D eigenvalue weighted by Gasteiger charge is 2.03. The molecule has 1 aromatic heterocycles. The Bertz CT molecular complexity index is 296. The zero-order valence-electron chi connectivity index (χ0n) is 9.90. The number of nitrogens with zero attached hydrogens (tertiary/aromatic N) is 2. The molecule has 0 bridgehead atoms. The third kappa shape index (κ3) is 5.50. The van der Waals surface area contributed by atoms with Gasteiger partial charge in [0.25, 0.3) is 0 Å². The summed E-state index contributed by atoms with van der Waals surface area (Å²) in [4.78, 5) is 17.5. The third-order valence-corrected chi connectivity index (χ3v) is 2.20. The number of nitrogens with one attached hydrogen (secondary N) is 1. The monoisotopic (exact) mass is 225 g/mol. The van der Waals surface area contributed by atoms with Crippen molar-refractivity contribution in [1.82, 2.24) is 15.2 Å². The molecule has 1 rings (SSSR count). The van der Waals surface area contributed by atoms with E-state index >= 15 is 0 Å². The summed E-state index contributed by atoms with van der Waals surface area (Å²) in [5.41, 5.74) is 0.823. The second-order valence-electron chi connectivity index (χ2n) is 3.99. The average Bonchev–Trinajstić information content (AvgIpc) is 2.74. The zero-order valence-corrected chi connectivity index (χ0v) is 9.90. The second kappa shape index (κ2) is 7.00. The number of aromatic nitrogens is 1. The van der Waals surface area contributed by atoms with Crippen molar-refractivity contribution in [3.8, 4) is 0 Å². The summed E-state index contributed by atoms with van der Waals surface area (Å²) in [6.07, 6.45) is 5.02. The molecule has 1 heterocycles. The fourth-order valence-electron chi connectivity index (χ4n) is 1.31. The summed E-state index contributed by atoms with van der Waals surface area (Å²) in [5.74, 6) is 0.0711. The van der Waals surface area contributed by atoms with Crippen LogP contribution in [-0.2, 0) is 11.2 Å². The molecule has 0 aliphatic rings. The summed E-state index contributed by atoms with van der Waals surface area (Å²) in [6.45, 7) is 1.72. The lowest BCUT2D eigenvalue weighted by Crippen LogP contribution is -2.27. The molecule has 16 heavy (non-hydrogen) atoms. The van der Waals surface area contributed by atoms with Gasteiger partial charge in [-0.2, -0.15) is 0 Å². The SMILES string of the molecule is CN(C)CCCNC(=O)CCc1cocn1. The van der Waals surface area contributed by atoms with Crippen molar-refractivity contribution < 1.29 is 9.21 Å². The molecule has 5 nitrogen and oxygen atoms in total. The molecule has 0 aromatic carbocycles. The summed E-state index contributed by atoms with van der Waals surface area (Å²) in [5, 5.41) is 2.88. The second-order valence-corrected chi connectivity index (χ2v) is 3.99. The molecule has 0 saturated heterocycles. The molecule has 90 valence electrons. The van der Waals surface area contributed by atoms with Crippen LogP contribution in [0.15, 0.2) is 17.1 Å². The number of rotatable bonds is 7. The van der Waals surface area contributed by atoms with E-state index < -0.39 is 0 Å². The van der Waals surface area contributed by atoms with E-state index in [9.17, 15) is 4.79 Å². The first-order chi connectivity index (χ1) is 7.68. The Hall–Kier alpha value is -1.36. The highest BCUT2D eigenvalue weighted by molar-refractivity contribution is 5.76. The Kier molecular flexibility index (Phi) is 5.56. The van der Waals surface area contributed by atoms with Gasteiger partial charge in [-0.05, 0) is 27.1 Å². The number of hydrogen-bond acceptors (Lipinski definition) is 4. The van der Waals surface area contributed by atoms with Crippen molar-refractivity contribution in [3.63, 3.8) is 0 Å². The molecule has 1 N–H and O–H groups in total. The Morgan fingerprint density at radius 3 is 3.00 bits per heavy atom. The van der Waals surface area contributed by atoms with E-state index in [1.807, 2.05) is 14.1 Å². The fraction of sp³-hybridized carbons (Fsp3) is 0.636. The number of hydrogen-bond donors (Lipinski definition) is 1. The van der Waals surface area contributed by atoms with Crippen LogP contribution in [-0.4, -0.2) is 43.0 Å². The highest BCUT2D eigenvalue weighted by atomic mass is 16.3. The van der Waals surface area contributed by atoms with Gasteiger partial charge >= 0.3 is 0 Å². The summed E-state index contributed by atoms with van der Waals surface area (Å²) >= 11 is 0. The number of amides is 1. The quantitative estimate of drug-likeness (QED) is 0.693. The van der Waals surface area contributed by atoms with Crippen LogP contribution in [0.4, 0.5) is 0 Å². The van der Waals surface area contributed by atoms with Crippen molar-refractivity contribution in [2.24, 2.45) is 0 Å². The molecule has 0 aliphatic carbocycles. The number of carbonyl (C=O) groups is 1. The Labute approximate surface area is 95.8 Å². The first kappa shape index (κ1) is 12.7. The summed E-state index contributed by atoms with van der Waals surface area (Å²) in [6, 6.07) is 0. The predicted molar refractivity (Wildman–Crippen MR) is 61.0 cm³/mol. The molecular weight excluding hydrogens is 206 g/mol. The molecule has 0 aliphatic heterocycles. The third-order valence-electron chi connectivity index (χ3n) is 2.20. The van der Waals surface area contributed by atoms with Gasteiger partial charge in [-0.1, -0.05) is 0 Å². The molecule has 0 spiro atoms. The van der Waals surface area contributed by atoms with Crippen molar-refractivity contribution in [2.45, 2.75) is 19.3 Å². The van der Waals surface area contributed by atoms with Gasteiger partial charge < -0.3 is 14.6 Å². The molecule has 1 aromatic rings. The van der Waals surface area contributed by atoms with Gasteiger partial charge in [0.05, 0.1) is 5.69 Å². The first-order valence-corrected chi connectivity index (χ1v) is 5.47. The van der Waals surface area contributed by atoms with E-state index in [0.717, 1.165) is 25.2 Å². The number of oxazole rings is 1. The number of carbonyl (C=O) groups excluding carboxylic acids is 1. The summed E-state index contributed by atoms with van der Waals surface area (Å²) < 4.78 is 4.82. The van der Waals surface area contributed by atoms with Crippen molar-refractivity contribution in [2.75, 3.05) is 27.2 Å². The van der Waals surface area contributed by atoms with E-state index in [-0.39, 0.29) is 5.91 Å². The smallest absolute Gasteiger partial charge is 0.220 e. The van der Waals surface area contributed by atoms with Crippen LogP contribution in [0.1, 0.15) is 18.5 Å². The Morgan fingerprint density at radius 2 is 2.38 bits per heavy atom. The van der Waals surface area contributed by atoms with Crippen molar-refractivity contribution >= 4 is 5.91 Å². The topological polar surface area (TPSA) is 58.4 Å². The van der Waals surface area contributed by atoms with Crippen LogP contribution in [0.25, 0.3) is 0 Å². The van der Waals surface area contributed by atoms with Gasteiger partial charge in [-0.15, -0.1) is 0 Å². The largest absolute Gasteiger partial charge is 0.451 e. The molecule has 0 atom stereocenters. The van der Waals surface area contributed by atoms with Crippen LogP contribution in [0.5, 0.6) is 0 Å². The van der Waals surface area contributed by atoms with E-state index in [2.05, 4.69) is 15.2 Å². The minimum absolute atomic E-state index is 0.0711. The highest BCUT2D eigenvalue weighted by Crippen LogP contribution is 1.98. The Balaban J connectivity index is 2.03. The average molecular weight is 225 g/mol. The molecule has 0 radical (unpaired) electrons. The van der Waals surface area contributed by atoms with E-state index in [1.54, 1.807) is 6.26 Å². The molecule has 0 unspecified atom stereocenters. The molecule has 0 fully saturated rings. The lowest BCUT2D eigenvalue weighted by Gasteiger charge is -2.09. The standard InChI is InChI=1S/C11H19N3O2/c1-14(2)7-3-6-12-11(15)5-4-10-8-16-9-13-10/h8-9H,3-7H2,1-2H3,(H,12,15). The maximum absolute atomic E-state index is 11.4. The number of aryl methyl sites for hydroxylation is 1. The van der Waals surface area contributed by atoms with Crippen molar-refractivity contribution in [3.05, 3.63) is 18.4 Å². The zero-order chi connectivity index (χ0) is 11.8. The van der Waals surface area contributed by atoms with E-state index in [4.69, 9.17) is 4.42 Å². The predicted octanol–water partition coefficient (Wildman–Crippen LogP) is 0.675. The normalized spacial score (nSPS) is 10.7. The molecular formula is C11H19N3O2. The van der Waals surface area contributed by atoms with Crippen LogP contribution in [0.3, 0.4) is 0 Å². The van der Waals surface area contributed by atoms with Crippen LogP contribution in [0, 0.1) is 0 Å². The van der Waals surface area contributed by atoms with Crippen LogP contribution >= 0.6 is 0 Å². The van der Waals surface area contributed by atoms with E-state index in [1.165, 1.54) is 6.39 Å². The minimum atomic E-state index is 0.0711. The fourth-order valence-corrected chi connectivity index (χ4v) is 1.31. The van der Waals surface area contributed by atoms with Gasteiger partial charge in [0.2, 0.25) is 5.91 Å². The molecule has 5 heteroatoms. The van der Waals surface area contributed by atoms with Gasteiger partial charge in [0.15, 0.2) is 6.39 Å². The minimum Gasteiger partial charge on any atom is -0.451 e. The van der Waals surface area contributed by atoms with E-state index in [0.29, 0.717) is 12.8 Å². The summed E-state index contributed by atoms with van der Waals surface area (Å²) in [7, 11) is 4.04. The van der Waals surface area contributed by atoms with Crippen LogP contribution in [0.2, 0.25) is 0 Å². The van der Waals surface area contributed by atoms with Gasteiger partial charge in [0, 0.05) is 19.4 Å². The lowest BCUT2D eigenvalue weighted by atomic mass is 10.2. The Morgan fingerprint density at radius 1 is 1.56 bits per heavy atom. The molecule has 0 saturated carbocycles. The van der Waals surface area contributed by atoms with Gasteiger partial charge in [-0.25, -0.2) is 4.98 Å². The maximum atomic E-state index is 11.4. The molecule has 1 amide bonds. The lowest BCUT2D eigenvalue weighted by molar-refractivity contribution is -0.121. The van der Waals surface area contributed by atoms with Crippen molar-refractivity contribution in [1.29, 1.82) is 0 Å². The van der Waals surface area contributed by atoms with Crippen LogP contribution < -0.4 is 5.32 Å². The van der Waals surface area contributed by atoms with Gasteiger partial charge in [0.1, 0.15) is 6.26 Å². The maximum Gasteiger partial charge on any atom is 0.220 e. The first-order valence-electron chi connectivity index (χ1n) is 5.47. The van der Waals surface area contributed by atoms with Gasteiger partial charge in [-0.3, -0.25) is 4.79 Å².